The number of aromatic nitrogens is 2. The Kier molecular flexibility index (Phi) is 3.33. The van der Waals surface area contributed by atoms with Crippen molar-refractivity contribution in [2.24, 2.45) is 0 Å². The van der Waals surface area contributed by atoms with Crippen LogP contribution in [0.1, 0.15) is 19.8 Å². The van der Waals surface area contributed by atoms with Gasteiger partial charge in [0.05, 0.1) is 10.9 Å². The fourth-order valence-electron chi connectivity index (χ4n) is 1.74. The summed E-state index contributed by atoms with van der Waals surface area (Å²) in [5.41, 5.74) is -0.116. The monoisotopic (exact) mass is 252 g/mol. The maximum absolute atomic E-state index is 12.1. The molecule has 4 nitrogen and oxygen atoms in total. The van der Waals surface area contributed by atoms with Crippen LogP contribution in [0.4, 0.5) is 0 Å². The van der Waals surface area contributed by atoms with E-state index in [1.165, 1.54) is 4.57 Å². The molecule has 0 spiro atoms. The van der Waals surface area contributed by atoms with E-state index in [-0.39, 0.29) is 11.2 Å². The van der Waals surface area contributed by atoms with Gasteiger partial charge in [-0.25, -0.2) is 4.79 Å². The summed E-state index contributed by atoms with van der Waals surface area (Å²) in [6.45, 7) is 2.45. The van der Waals surface area contributed by atoms with Crippen molar-refractivity contribution in [1.29, 1.82) is 0 Å². The summed E-state index contributed by atoms with van der Waals surface area (Å²) in [5, 5.41) is 0.942. The number of benzene rings is 1. The molecule has 0 saturated carbocycles. The maximum atomic E-state index is 12.1. The largest absolute Gasteiger partial charge is 0.328 e. The lowest BCUT2D eigenvalue weighted by Crippen LogP contribution is -2.35. The second kappa shape index (κ2) is 4.75. The molecule has 0 saturated heterocycles. The number of rotatable bonds is 3. The van der Waals surface area contributed by atoms with Crippen molar-refractivity contribution in [3.05, 3.63) is 44.1 Å². The fraction of sp³-hybridized carbons (Fsp3) is 0.333. The number of aromatic amines is 1. The first kappa shape index (κ1) is 11.9. The van der Waals surface area contributed by atoms with Crippen LogP contribution in [-0.4, -0.2) is 9.55 Å². The lowest BCUT2D eigenvalue weighted by atomic mass is 10.2. The first-order valence-corrected chi connectivity index (χ1v) is 5.93. The van der Waals surface area contributed by atoms with Crippen molar-refractivity contribution in [1.82, 2.24) is 9.55 Å². The summed E-state index contributed by atoms with van der Waals surface area (Å²) in [4.78, 5) is 26.5. The first-order valence-electron chi connectivity index (χ1n) is 5.56. The molecule has 90 valence electrons. The van der Waals surface area contributed by atoms with Gasteiger partial charge in [-0.05, 0) is 24.6 Å². The first-order chi connectivity index (χ1) is 8.13. The molecule has 2 aromatic rings. The average Bonchev–Trinajstić information content (AvgIpc) is 2.30. The van der Waals surface area contributed by atoms with Crippen LogP contribution >= 0.6 is 11.6 Å². The van der Waals surface area contributed by atoms with Crippen LogP contribution in [0.3, 0.4) is 0 Å². The summed E-state index contributed by atoms with van der Waals surface area (Å²) in [6, 6.07) is 4.87. The number of H-pyrrole nitrogens is 1. The molecule has 0 unspecified atom stereocenters. The van der Waals surface area contributed by atoms with E-state index in [9.17, 15) is 9.59 Å². The van der Waals surface area contributed by atoms with E-state index in [4.69, 9.17) is 11.6 Å². The van der Waals surface area contributed by atoms with Gasteiger partial charge in [-0.1, -0.05) is 24.9 Å². The van der Waals surface area contributed by atoms with Gasteiger partial charge >= 0.3 is 5.69 Å². The van der Waals surface area contributed by atoms with Gasteiger partial charge in [0.15, 0.2) is 0 Å². The highest BCUT2D eigenvalue weighted by Crippen LogP contribution is 2.13. The predicted octanol–water partition coefficient (Wildman–Crippen LogP) is 2.14. The van der Waals surface area contributed by atoms with Crippen molar-refractivity contribution in [2.45, 2.75) is 26.3 Å². The van der Waals surface area contributed by atoms with Crippen LogP contribution in [-0.2, 0) is 6.54 Å². The molecule has 1 aromatic carbocycles. The smallest absolute Gasteiger partial charge is 0.307 e. The topological polar surface area (TPSA) is 54.9 Å². The minimum absolute atomic E-state index is 0.278. The van der Waals surface area contributed by atoms with E-state index in [1.807, 2.05) is 6.92 Å². The third-order valence-electron chi connectivity index (χ3n) is 2.68. The Bertz CT molecular complexity index is 658. The predicted molar refractivity (Wildman–Crippen MR) is 68.7 cm³/mol. The third kappa shape index (κ3) is 2.26. The van der Waals surface area contributed by atoms with Crippen LogP contribution in [0.2, 0.25) is 5.02 Å². The van der Waals surface area contributed by atoms with E-state index in [0.29, 0.717) is 22.5 Å². The van der Waals surface area contributed by atoms with Gasteiger partial charge in [0.2, 0.25) is 0 Å². The molecule has 2 rings (SSSR count). The molecule has 0 bridgehead atoms. The molecule has 0 amide bonds. The normalized spacial score (nSPS) is 10.9. The van der Waals surface area contributed by atoms with Crippen LogP contribution in [0.15, 0.2) is 27.8 Å². The zero-order valence-electron chi connectivity index (χ0n) is 9.50. The Hall–Kier alpha value is -1.55. The average molecular weight is 253 g/mol. The molecule has 1 N–H and O–H groups in total. The van der Waals surface area contributed by atoms with Gasteiger partial charge in [0.1, 0.15) is 0 Å². The Morgan fingerprint density at radius 1 is 1.35 bits per heavy atom. The standard InChI is InChI=1S/C12H13ClN2O2/c1-2-3-6-15-11(16)9-7-8(13)4-5-10(9)14-12(15)17/h4-5,7H,2-3,6H2,1H3,(H,14,17). The molecule has 0 aliphatic carbocycles. The maximum Gasteiger partial charge on any atom is 0.328 e. The van der Waals surface area contributed by atoms with Crippen molar-refractivity contribution in [3.63, 3.8) is 0 Å². The Morgan fingerprint density at radius 2 is 2.12 bits per heavy atom. The summed E-state index contributed by atoms with van der Waals surface area (Å²) in [6.07, 6.45) is 1.73. The van der Waals surface area contributed by atoms with Crippen molar-refractivity contribution >= 4 is 22.5 Å². The van der Waals surface area contributed by atoms with Gasteiger partial charge in [0.25, 0.3) is 5.56 Å². The number of nitrogens with one attached hydrogen (secondary N) is 1. The molecule has 0 aliphatic rings. The van der Waals surface area contributed by atoms with Crippen molar-refractivity contribution in [2.75, 3.05) is 0 Å². The lowest BCUT2D eigenvalue weighted by Gasteiger charge is -2.05. The summed E-state index contributed by atoms with van der Waals surface area (Å²) >= 11 is 5.85. The van der Waals surface area contributed by atoms with E-state index in [2.05, 4.69) is 4.98 Å². The number of halogens is 1. The molecule has 0 radical (unpaired) electrons. The van der Waals surface area contributed by atoms with E-state index < -0.39 is 0 Å². The minimum atomic E-state index is -0.363. The highest BCUT2D eigenvalue weighted by atomic mass is 35.5. The summed E-state index contributed by atoms with van der Waals surface area (Å²) in [7, 11) is 0. The third-order valence-corrected chi connectivity index (χ3v) is 2.91. The summed E-state index contributed by atoms with van der Waals surface area (Å²) < 4.78 is 1.22. The molecule has 0 aliphatic heterocycles. The van der Waals surface area contributed by atoms with E-state index in [0.717, 1.165) is 12.8 Å². The van der Waals surface area contributed by atoms with Gasteiger partial charge in [-0.2, -0.15) is 0 Å². The zero-order chi connectivity index (χ0) is 12.4. The number of unbranched alkanes of at least 4 members (excludes halogenated alkanes) is 1. The number of hydrogen-bond donors (Lipinski definition) is 1. The van der Waals surface area contributed by atoms with Gasteiger partial charge in [0, 0.05) is 11.6 Å². The second-order valence-corrected chi connectivity index (χ2v) is 4.37. The number of hydrogen-bond acceptors (Lipinski definition) is 2. The molecule has 0 fully saturated rings. The van der Waals surface area contributed by atoms with Gasteiger partial charge in [-0.3, -0.25) is 9.36 Å². The van der Waals surface area contributed by atoms with E-state index >= 15 is 0 Å². The summed E-state index contributed by atoms with van der Waals surface area (Å²) in [5.74, 6) is 0. The van der Waals surface area contributed by atoms with Gasteiger partial charge < -0.3 is 4.98 Å². The molecular formula is C12H13ClN2O2. The molecule has 1 heterocycles. The van der Waals surface area contributed by atoms with Crippen LogP contribution in [0, 0.1) is 0 Å². The van der Waals surface area contributed by atoms with Gasteiger partial charge in [-0.15, -0.1) is 0 Å². The molecule has 1 aromatic heterocycles. The SMILES string of the molecule is CCCCn1c(=O)[nH]c2ccc(Cl)cc2c1=O. The van der Waals surface area contributed by atoms with Crippen molar-refractivity contribution in [3.8, 4) is 0 Å². The Morgan fingerprint density at radius 3 is 2.82 bits per heavy atom. The number of fused-ring (bicyclic) bond motifs is 1. The fourth-order valence-corrected chi connectivity index (χ4v) is 1.91. The molecule has 5 heteroatoms. The highest BCUT2D eigenvalue weighted by Gasteiger charge is 2.07. The quantitative estimate of drug-likeness (QED) is 0.910. The number of nitrogens with zero attached hydrogens (tertiary/aromatic N) is 1. The molecular weight excluding hydrogens is 240 g/mol. The van der Waals surface area contributed by atoms with Crippen LogP contribution < -0.4 is 11.2 Å². The Balaban J connectivity index is 2.69. The zero-order valence-corrected chi connectivity index (χ0v) is 10.3. The van der Waals surface area contributed by atoms with E-state index in [1.54, 1.807) is 18.2 Å². The van der Waals surface area contributed by atoms with Crippen LogP contribution in [0.5, 0.6) is 0 Å². The van der Waals surface area contributed by atoms with Crippen molar-refractivity contribution < 1.29 is 0 Å². The van der Waals surface area contributed by atoms with Crippen LogP contribution in [0.25, 0.3) is 10.9 Å². The Labute approximate surface area is 103 Å². The lowest BCUT2D eigenvalue weighted by molar-refractivity contribution is 0.589. The molecule has 17 heavy (non-hydrogen) atoms. The second-order valence-electron chi connectivity index (χ2n) is 3.93. The minimum Gasteiger partial charge on any atom is -0.307 e. The molecule has 0 atom stereocenters. The highest BCUT2D eigenvalue weighted by molar-refractivity contribution is 6.31.